The highest BCUT2D eigenvalue weighted by Gasteiger charge is 2.48. The lowest BCUT2D eigenvalue weighted by atomic mass is 9.80. The zero-order valence-electron chi connectivity index (χ0n) is 13.2. The van der Waals surface area contributed by atoms with Gasteiger partial charge in [0.2, 0.25) is 0 Å². The van der Waals surface area contributed by atoms with E-state index in [-0.39, 0.29) is 17.9 Å². The van der Waals surface area contributed by atoms with Gasteiger partial charge in [0.1, 0.15) is 5.54 Å². The molecule has 0 aromatic carbocycles. The van der Waals surface area contributed by atoms with Crippen LogP contribution in [-0.4, -0.2) is 40.5 Å². The molecule has 0 radical (unpaired) electrons. The second kappa shape index (κ2) is 5.62. The standard InChI is InChI=1S/C15H22N4O2S/c1-9-12(22-10(2)16-9)8-19-6-4-5-11(7-19)15(3)13(20)17-14(21)18-15/h11H,4-8H2,1-3H3,(H2,17,18,20,21). The van der Waals surface area contributed by atoms with Crippen LogP contribution in [0.1, 0.15) is 35.3 Å². The van der Waals surface area contributed by atoms with Gasteiger partial charge >= 0.3 is 6.03 Å². The van der Waals surface area contributed by atoms with Gasteiger partial charge < -0.3 is 5.32 Å². The summed E-state index contributed by atoms with van der Waals surface area (Å²) in [5, 5.41) is 6.27. The predicted molar refractivity (Wildman–Crippen MR) is 84.7 cm³/mol. The van der Waals surface area contributed by atoms with Gasteiger partial charge in [-0.2, -0.15) is 0 Å². The van der Waals surface area contributed by atoms with Crippen LogP contribution in [0.15, 0.2) is 0 Å². The number of piperidine rings is 1. The van der Waals surface area contributed by atoms with Gasteiger partial charge in [0.15, 0.2) is 0 Å². The molecular formula is C15H22N4O2S. The molecule has 0 spiro atoms. The SMILES string of the molecule is Cc1nc(C)c(CN2CCCC(C3(C)NC(=O)NC3=O)C2)s1. The number of nitrogens with one attached hydrogen (secondary N) is 2. The number of amides is 3. The van der Waals surface area contributed by atoms with Gasteiger partial charge in [0.25, 0.3) is 5.91 Å². The summed E-state index contributed by atoms with van der Waals surface area (Å²) in [5.41, 5.74) is 0.316. The topological polar surface area (TPSA) is 74.3 Å². The highest BCUT2D eigenvalue weighted by atomic mass is 32.1. The minimum atomic E-state index is -0.783. The van der Waals surface area contributed by atoms with Crippen molar-refractivity contribution in [3.8, 4) is 0 Å². The number of aromatic nitrogens is 1. The van der Waals surface area contributed by atoms with E-state index >= 15 is 0 Å². The van der Waals surface area contributed by atoms with Gasteiger partial charge in [-0.1, -0.05) is 0 Å². The van der Waals surface area contributed by atoms with Gasteiger partial charge in [0.05, 0.1) is 10.7 Å². The zero-order chi connectivity index (χ0) is 15.9. The molecule has 0 saturated carbocycles. The second-order valence-corrected chi connectivity index (χ2v) is 7.71. The number of thiazole rings is 1. The Morgan fingerprint density at radius 1 is 1.41 bits per heavy atom. The molecule has 2 aliphatic heterocycles. The van der Waals surface area contributed by atoms with E-state index in [2.05, 4.69) is 20.5 Å². The first-order chi connectivity index (χ1) is 10.4. The first kappa shape index (κ1) is 15.4. The van der Waals surface area contributed by atoms with E-state index in [1.165, 1.54) is 4.88 Å². The molecule has 3 heterocycles. The smallest absolute Gasteiger partial charge is 0.322 e. The Labute approximate surface area is 134 Å². The lowest BCUT2D eigenvalue weighted by Crippen LogP contribution is -2.55. The number of imide groups is 1. The maximum Gasteiger partial charge on any atom is 0.322 e. The monoisotopic (exact) mass is 322 g/mol. The summed E-state index contributed by atoms with van der Waals surface area (Å²) in [5.74, 6) is -0.0591. The van der Waals surface area contributed by atoms with E-state index in [9.17, 15) is 9.59 Å². The van der Waals surface area contributed by atoms with Crippen molar-refractivity contribution in [1.82, 2.24) is 20.5 Å². The van der Waals surface area contributed by atoms with Crippen LogP contribution < -0.4 is 10.6 Å². The number of carbonyl (C=O) groups excluding carboxylic acids is 2. The highest BCUT2D eigenvalue weighted by Crippen LogP contribution is 2.31. The van der Waals surface area contributed by atoms with Crippen molar-refractivity contribution in [3.63, 3.8) is 0 Å². The maximum atomic E-state index is 12.1. The summed E-state index contributed by atoms with van der Waals surface area (Å²) in [6.45, 7) is 8.63. The fourth-order valence-electron chi connectivity index (χ4n) is 3.44. The van der Waals surface area contributed by atoms with Crippen LogP contribution in [0.4, 0.5) is 4.79 Å². The molecule has 2 N–H and O–H groups in total. The summed E-state index contributed by atoms with van der Waals surface area (Å²) >= 11 is 1.74. The molecule has 1 aromatic heterocycles. The number of carbonyl (C=O) groups is 2. The predicted octanol–water partition coefficient (Wildman–Crippen LogP) is 1.57. The average Bonchev–Trinajstić information content (AvgIpc) is 2.90. The van der Waals surface area contributed by atoms with E-state index in [4.69, 9.17) is 0 Å². The molecule has 6 nitrogen and oxygen atoms in total. The number of urea groups is 1. The van der Waals surface area contributed by atoms with Crippen LogP contribution in [0.5, 0.6) is 0 Å². The summed E-state index contributed by atoms with van der Waals surface area (Å²) < 4.78 is 0. The molecule has 1 aromatic rings. The lowest BCUT2D eigenvalue weighted by molar-refractivity contribution is -0.126. The molecule has 2 aliphatic rings. The molecule has 120 valence electrons. The van der Waals surface area contributed by atoms with E-state index < -0.39 is 5.54 Å². The summed E-state index contributed by atoms with van der Waals surface area (Å²) in [7, 11) is 0. The Hall–Kier alpha value is -1.47. The van der Waals surface area contributed by atoms with Gasteiger partial charge in [-0.3, -0.25) is 15.0 Å². The number of rotatable bonds is 3. The fourth-order valence-corrected chi connectivity index (χ4v) is 4.42. The minimum absolute atomic E-state index is 0.141. The number of likely N-dealkylation sites (tertiary alicyclic amines) is 1. The number of hydrogen-bond acceptors (Lipinski definition) is 5. The summed E-state index contributed by atoms with van der Waals surface area (Å²) in [4.78, 5) is 31.7. The molecule has 7 heteroatoms. The number of aryl methyl sites for hydroxylation is 2. The third kappa shape index (κ3) is 2.75. The van der Waals surface area contributed by atoms with Crippen LogP contribution in [0.3, 0.4) is 0 Å². The molecule has 0 bridgehead atoms. The Morgan fingerprint density at radius 2 is 2.18 bits per heavy atom. The first-order valence-corrected chi connectivity index (χ1v) is 8.49. The molecule has 3 rings (SSSR count). The van der Waals surface area contributed by atoms with Crippen molar-refractivity contribution in [3.05, 3.63) is 15.6 Å². The average molecular weight is 322 g/mol. The van der Waals surface area contributed by atoms with Crippen molar-refractivity contribution in [1.29, 1.82) is 0 Å². The zero-order valence-corrected chi connectivity index (χ0v) is 14.0. The second-order valence-electron chi connectivity index (χ2n) is 6.43. The minimum Gasteiger partial charge on any atom is -0.323 e. The van der Waals surface area contributed by atoms with Gasteiger partial charge in [-0.15, -0.1) is 11.3 Å². The molecule has 2 saturated heterocycles. The van der Waals surface area contributed by atoms with E-state index in [0.717, 1.165) is 43.2 Å². The van der Waals surface area contributed by atoms with Crippen molar-refractivity contribution in [2.24, 2.45) is 5.92 Å². The third-order valence-electron chi connectivity index (χ3n) is 4.76. The van der Waals surface area contributed by atoms with Gasteiger partial charge in [0, 0.05) is 23.9 Å². The number of nitrogens with zero attached hydrogens (tertiary/aromatic N) is 2. The van der Waals surface area contributed by atoms with Crippen molar-refractivity contribution >= 4 is 23.3 Å². The Morgan fingerprint density at radius 3 is 2.77 bits per heavy atom. The summed E-state index contributed by atoms with van der Waals surface area (Å²) in [6, 6.07) is -0.376. The summed E-state index contributed by atoms with van der Waals surface area (Å²) in [6.07, 6.45) is 2.00. The molecule has 0 aliphatic carbocycles. The number of hydrogen-bond donors (Lipinski definition) is 2. The fraction of sp³-hybridized carbons (Fsp3) is 0.667. The van der Waals surface area contributed by atoms with E-state index in [0.29, 0.717) is 0 Å². The van der Waals surface area contributed by atoms with Crippen LogP contribution >= 0.6 is 11.3 Å². The van der Waals surface area contributed by atoms with Gasteiger partial charge in [-0.25, -0.2) is 9.78 Å². The Bertz CT molecular complexity index is 615. The Balaban J connectivity index is 1.70. The first-order valence-electron chi connectivity index (χ1n) is 7.67. The van der Waals surface area contributed by atoms with E-state index in [1.54, 1.807) is 11.3 Å². The molecule has 2 unspecified atom stereocenters. The molecule has 2 atom stereocenters. The van der Waals surface area contributed by atoms with Crippen LogP contribution in [-0.2, 0) is 11.3 Å². The molecule has 22 heavy (non-hydrogen) atoms. The normalized spacial score (nSPS) is 29.5. The van der Waals surface area contributed by atoms with Crippen molar-refractivity contribution in [2.75, 3.05) is 13.1 Å². The molecule has 2 fully saturated rings. The van der Waals surface area contributed by atoms with Gasteiger partial charge in [-0.05, 0) is 40.2 Å². The maximum absolute atomic E-state index is 12.1. The quantitative estimate of drug-likeness (QED) is 0.829. The third-order valence-corrected chi connectivity index (χ3v) is 5.82. The van der Waals surface area contributed by atoms with Crippen LogP contribution in [0.2, 0.25) is 0 Å². The Kier molecular flexibility index (Phi) is 3.94. The largest absolute Gasteiger partial charge is 0.323 e. The van der Waals surface area contributed by atoms with E-state index in [1.807, 2.05) is 20.8 Å². The van der Waals surface area contributed by atoms with Crippen LogP contribution in [0, 0.1) is 19.8 Å². The molecular weight excluding hydrogens is 300 g/mol. The lowest BCUT2D eigenvalue weighted by Gasteiger charge is -2.39. The van der Waals surface area contributed by atoms with Crippen molar-refractivity contribution < 1.29 is 9.59 Å². The van der Waals surface area contributed by atoms with Crippen molar-refractivity contribution in [2.45, 2.75) is 45.7 Å². The molecule has 3 amide bonds. The van der Waals surface area contributed by atoms with Crippen LogP contribution in [0.25, 0.3) is 0 Å². The highest BCUT2D eigenvalue weighted by molar-refractivity contribution is 7.11.